The first-order valence-electron chi connectivity index (χ1n) is 7.89. The quantitative estimate of drug-likeness (QED) is 0.776. The Morgan fingerprint density at radius 1 is 1.26 bits per heavy atom. The van der Waals surface area contributed by atoms with E-state index in [2.05, 4.69) is 32.3 Å². The Kier molecular flexibility index (Phi) is 4.73. The van der Waals surface area contributed by atoms with Crippen LogP contribution in [-0.4, -0.2) is 39.9 Å². The van der Waals surface area contributed by atoms with Gasteiger partial charge in [0, 0.05) is 25.7 Å². The molecular weight excluding hydrogens is 292 g/mol. The van der Waals surface area contributed by atoms with Crippen molar-refractivity contribution in [3.05, 3.63) is 47.3 Å². The Labute approximate surface area is 135 Å². The zero-order chi connectivity index (χ0) is 16.2. The second-order valence-corrected chi connectivity index (χ2v) is 5.79. The summed E-state index contributed by atoms with van der Waals surface area (Å²) >= 11 is 0. The zero-order valence-corrected chi connectivity index (χ0v) is 13.2. The van der Waals surface area contributed by atoms with Crippen LogP contribution in [0, 0.1) is 0 Å². The third-order valence-corrected chi connectivity index (χ3v) is 4.12. The molecule has 1 aliphatic heterocycles. The smallest absolute Gasteiger partial charge is 0.134 e. The van der Waals surface area contributed by atoms with Crippen molar-refractivity contribution in [2.75, 3.05) is 29.9 Å². The van der Waals surface area contributed by atoms with Gasteiger partial charge in [-0.2, -0.15) is 0 Å². The monoisotopic (exact) mass is 314 g/mol. The van der Waals surface area contributed by atoms with E-state index in [0.717, 1.165) is 36.7 Å². The molecule has 6 heteroatoms. The zero-order valence-electron chi connectivity index (χ0n) is 13.2. The standard InChI is InChI=1S/C17H22N4O2/c1-12(23)13-2-3-15-10-21(6-4-14(15)8-13)17-9-16(18-5-7-22)19-11-20-17/h2-3,8-9,11-12,22-23H,4-7,10H2,1H3,(H,18,19,20)/t12-/m0/s1. The van der Waals surface area contributed by atoms with E-state index in [1.54, 1.807) is 13.3 Å². The van der Waals surface area contributed by atoms with Gasteiger partial charge in [0.2, 0.25) is 0 Å². The number of rotatable bonds is 5. The van der Waals surface area contributed by atoms with Crippen LogP contribution in [0.1, 0.15) is 29.7 Å². The summed E-state index contributed by atoms with van der Waals surface area (Å²) in [5.41, 5.74) is 3.53. The summed E-state index contributed by atoms with van der Waals surface area (Å²) < 4.78 is 0. The lowest BCUT2D eigenvalue weighted by atomic mass is 9.96. The average molecular weight is 314 g/mol. The molecule has 122 valence electrons. The third kappa shape index (κ3) is 3.60. The predicted molar refractivity (Wildman–Crippen MR) is 89.4 cm³/mol. The molecule has 2 heterocycles. The van der Waals surface area contributed by atoms with Gasteiger partial charge >= 0.3 is 0 Å². The molecule has 0 fully saturated rings. The summed E-state index contributed by atoms with van der Waals surface area (Å²) in [5, 5.41) is 21.6. The van der Waals surface area contributed by atoms with Crippen molar-refractivity contribution in [2.24, 2.45) is 0 Å². The normalized spacial score (nSPS) is 15.2. The molecule has 0 aliphatic carbocycles. The number of hydrogen-bond donors (Lipinski definition) is 3. The Morgan fingerprint density at radius 2 is 2.13 bits per heavy atom. The Morgan fingerprint density at radius 3 is 2.91 bits per heavy atom. The highest BCUT2D eigenvalue weighted by Gasteiger charge is 2.18. The van der Waals surface area contributed by atoms with Crippen LogP contribution in [0.25, 0.3) is 0 Å². The Hall–Kier alpha value is -2.18. The number of benzene rings is 1. The first-order valence-corrected chi connectivity index (χ1v) is 7.89. The number of aromatic nitrogens is 2. The summed E-state index contributed by atoms with van der Waals surface area (Å²) in [5.74, 6) is 1.60. The number of nitrogens with zero attached hydrogens (tertiary/aromatic N) is 3. The van der Waals surface area contributed by atoms with Crippen LogP contribution < -0.4 is 10.2 Å². The highest BCUT2D eigenvalue weighted by atomic mass is 16.3. The molecular formula is C17H22N4O2. The summed E-state index contributed by atoms with van der Waals surface area (Å²) in [4.78, 5) is 10.7. The van der Waals surface area contributed by atoms with Crippen molar-refractivity contribution in [3.8, 4) is 0 Å². The van der Waals surface area contributed by atoms with Gasteiger partial charge in [0.15, 0.2) is 0 Å². The largest absolute Gasteiger partial charge is 0.395 e. The summed E-state index contributed by atoms with van der Waals surface area (Å²) in [6.45, 7) is 4.01. The fourth-order valence-electron chi connectivity index (χ4n) is 2.83. The van der Waals surface area contributed by atoms with Gasteiger partial charge in [-0.25, -0.2) is 9.97 Å². The van der Waals surface area contributed by atoms with Gasteiger partial charge in [-0.15, -0.1) is 0 Å². The van der Waals surface area contributed by atoms with Crippen molar-refractivity contribution in [1.29, 1.82) is 0 Å². The minimum atomic E-state index is -0.430. The predicted octanol–water partition coefficient (Wildman–Crippen LogP) is 1.50. The fraction of sp³-hybridized carbons (Fsp3) is 0.412. The van der Waals surface area contributed by atoms with Crippen molar-refractivity contribution in [1.82, 2.24) is 9.97 Å². The van der Waals surface area contributed by atoms with Gasteiger partial charge < -0.3 is 20.4 Å². The summed E-state index contributed by atoms with van der Waals surface area (Å²) in [6.07, 6.45) is 2.04. The van der Waals surface area contributed by atoms with Crippen molar-refractivity contribution in [2.45, 2.75) is 26.0 Å². The molecule has 1 aromatic heterocycles. The van der Waals surface area contributed by atoms with E-state index in [9.17, 15) is 5.11 Å². The Bertz CT molecular complexity index is 675. The maximum atomic E-state index is 9.70. The highest BCUT2D eigenvalue weighted by molar-refractivity contribution is 5.51. The SMILES string of the molecule is C[C@H](O)c1ccc2c(c1)CCN(c1cc(NCCO)ncn1)C2. The van der Waals surface area contributed by atoms with E-state index in [0.29, 0.717) is 6.54 Å². The number of fused-ring (bicyclic) bond motifs is 1. The summed E-state index contributed by atoms with van der Waals surface area (Å²) in [6, 6.07) is 8.09. The number of hydrogen-bond acceptors (Lipinski definition) is 6. The van der Waals surface area contributed by atoms with E-state index in [1.165, 1.54) is 11.1 Å². The average Bonchev–Trinajstić information content (AvgIpc) is 2.59. The molecule has 0 bridgehead atoms. The molecule has 6 nitrogen and oxygen atoms in total. The van der Waals surface area contributed by atoms with Crippen LogP contribution in [0.2, 0.25) is 0 Å². The second-order valence-electron chi connectivity index (χ2n) is 5.79. The molecule has 0 spiro atoms. The van der Waals surface area contributed by atoms with Crippen molar-refractivity contribution < 1.29 is 10.2 Å². The number of nitrogens with one attached hydrogen (secondary N) is 1. The van der Waals surface area contributed by atoms with Crippen LogP contribution in [0.5, 0.6) is 0 Å². The first-order chi connectivity index (χ1) is 11.2. The van der Waals surface area contributed by atoms with E-state index >= 15 is 0 Å². The molecule has 1 aliphatic rings. The van der Waals surface area contributed by atoms with Crippen molar-refractivity contribution in [3.63, 3.8) is 0 Å². The van der Waals surface area contributed by atoms with Crippen LogP contribution >= 0.6 is 0 Å². The van der Waals surface area contributed by atoms with E-state index < -0.39 is 6.10 Å². The van der Waals surface area contributed by atoms with E-state index in [4.69, 9.17) is 5.11 Å². The molecule has 23 heavy (non-hydrogen) atoms. The van der Waals surface area contributed by atoms with Gasteiger partial charge in [0.05, 0.1) is 12.7 Å². The van der Waals surface area contributed by atoms with Gasteiger partial charge in [-0.1, -0.05) is 18.2 Å². The fourth-order valence-corrected chi connectivity index (χ4v) is 2.83. The number of aliphatic hydroxyl groups excluding tert-OH is 2. The maximum absolute atomic E-state index is 9.70. The minimum Gasteiger partial charge on any atom is -0.395 e. The van der Waals surface area contributed by atoms with Crippen LogP contribution in [0.3, 0.4) is 0 Å². The van der Waals surface area contributed by atoms with Crippen molar-refractivity contribution >= 4 is 11.6 Å². The molecule has 0 radical (unpaired) electrons. The molecule has 1 aromatic carbocycles. The van der Waals surface area contributed by atoms with Crippen LogP contribution in [-0.2, 0) is 13.0 Å². The maximum Gasteiger partial charge on any atom is 0.134 e. The molecule has 2 aromatic rings. The van der Waals surface area contributed by atoms with E-state index in [1.807, 2.05) is 12.1 Å². The molecule has 3 N–H and O–H groups in total. The van der Waals surface area contributed by atoms with Gasteiger partial charge in [0.1, 0.15) is 18.0 Å². The van der Waals surface area contributed by atoms with Crippen LogP contribution in [0.4, 0.5) is 11.6 Å². The van der Waals surface area contributed by atoms with Crippen LogP contribution in [0.15, 0.2) is 30.6 Å². The van der Waals surface area contributed by atoms with Gasteiger partial charge in [0.25, 0.3) is 0 Å². The summed E-state index contributed by atoms with van der Waals surface area (Å²) in [7, 11) is 0. The first kappa shape index (κ1) is 15.7. The molecule has 0 saturated heterocycles. The second kappa shape index (κ2) is 6.93. The Balaban J connectivity index is 1.76. The molecule has 0 unspecified atom stereocenters. The minimum absolute atomic E-state index is 0.0715. The lowest BCUT2D eigenvalue weighted by Crippen LogP contribution is -2.31. The number of anilines is 2. The number of aliphatic hydroxyl groups is 2. The molecule has 1 atom stereocenters. The van der Waals surface area contributed by atoms with Gasteiger partial charge in [-0.05, 0) is 30.0 Å². The lowest BCUT2D eigenvalue weighted by molar-refractivity contribution is 0.199. The van der Waals surface area contributed by atoms with Gasteiger partial charge in [-0.3, -0.25) is 0 Å². The topological polar surface area (TPSA) is 81.5 Å². The molecule has 0 saturated carbocycles. The third-order valence-electron chi connectivity index (χ3n) is 4.12. The molecule has 3 rings (SSSR count). The lowest BCUT2D eigenvalue weighted by Gasteiger charge is -2.30. The van der Waals surface area contributed by atoms with E-state index in [-0.39, 0.29) is 6.61 Å². The molecule has 0 amide bonds. The highest BCUT2D eigenvalue weighted by Crippen LogP contribution is 2.26.